The van der Waals surface area contributed by atoms with Crippen molar-refractivity contribution in [3.05, 3.63) is 48.0 Å². The van der Waals surface area contributed by atoms with E-state index >= 15 is 0 Å². The van der Waals surface area contributed by atoms with Gasteiger partial charge in [-0.15, -0.1) is 0 Å². The van der Waals surface area contributed by atoms with Crippen LogP contribution in [0.4, 0.5) is 0 Å². The topological polar surface area (TPSA) is 96.5 Å². The van der Waals surface area contributed by atoms with Crippen LogP contribution in [-0.2, 0) is 26.6 Å². The highest BCUT2D eigenvalue weighted by Gasteiger charge is 2.29. The molecule has 11 heteroatoms. The van der Waals surface area contributed by atoms with Gasteiger partial charge < -0.3 is 9.47 Å². The summed E-state index contributed by atoms with van der Waals surface area (Å²) < 4.78 is 65.1. The molecule has 0 saturated carbocycles. The SMILES string of the molecule is CCN(CC)S(=O)(=O)c1ccc(S(=O)(=O)N2CCN(Cc3ccc4c(c3)OCO4)CC2)cc1. The smallest absolute Gasteiger partial charge is 0.243 e. The molecule has 2 heterocycles. The quantitative estimate of drug-likeness (QED) is 0.552. The number of nitrogens with zero attached hydrogens (tertiary/aromatic N) is 3. The second-order valence-electron chi connectivity index (χ2n) is 7.93. The highest BCUT2D eigenvalue weighted by Crippen LogP contribution is 2.33. The number of rotatable bonds is 8. The molecule has 0 aliphatic carbocycles. The molecule has 2 aliphatic heterocycles. The van der Waals surface area contributed by atoms with Gasteiger partial charge in [-0.2, -0.15) is 8.61 Å². The Labute approximate surface area is 195 Å². The van der Waals surface area contributed by atoms with Crippen molar-refractivity contribution >= 4 is 20.0 Å². The van der Waals surface area contributed by atoms with Crippen LogP contribution < -0.4 is 9.47 Å². The second kappa shape index (κ2) is 9.59. The van der Waals surface area contributed by atoms with Gasteiger partial charge in [-0.3, -0.25) is 4.90 Å². The van der Waals surface area contributed by atoms with E-state index in [1.165, 1.54) is 32.9 Å². The maximum atomic E-state index is 13.1. The zero-order valence-corrected chi connectivity index (χ0v) is 20.4. The summed E-state index contributed by atoms with van der Waals surface area (Å²) in [4.78, 5) is 2.40. The monoisotopic (exact) mass is 495 g/mol. The molecule has 0 spiro atoms. The predicted octanol–water partition coefficient (Wildman–Crippen LogP) is 1.95. The lowest BCUT2D eigenvalue weighted by Crippen LogP contribution is -2.48. The van der Waals surface area contributed by atoms with E-state index in [2.05, 4.69) is 4.90 Å². The fourth-order valence-corrected chi connectivity index (χ4v) is 6.95. The minimum atomic E-state index is -3.70. The molecule has 2 aliphatic rings. The van der Waals surface area contributed by atoms with Crippen LogP contribution in [0, 0.1) is 0 Å². The number of ether oxygens (including phenoxy) is 2. The molecule has 0 atom stereocenters. The van der Waals surface area contributed by atoms with E-state index < -0.39 is 20.0 Å². The highest BCUT2D eigenvalue weighted by atomic mass is 32.2. The largest absolute Gasteiger partial charge is 0.454 e. The molecule has 33 heavy (non-hydrogen) atoms. The molecule has 0 N–H and O–H groups in total. The highest BCUT2D eigenvalue weighted by molar-refractivity contribution is 7.89. The molecule has 0 radical (unpaired) electrons. The van der Waals surface area contributed by atoms with Gasteiger partial charge in [0.25, 0.3) is 0 Å². The molecule has 0 bridgehead atoms. The van der Waals surface area contributed by atoms with Crippen LogP contribution in [0.2, 0.25) is 0 Å². The van der Waals surface area contributed by atoms with Crippen LogP contribution in [0.25, 0.3) is 0 Å². The van der Waals surface area contributed by atoms with E-state index in [9.17, 15) is 16.8 Å². The van der Waals surface area contributed by atoms with Crippen LogP contribution in [0.3, 0.4) is 0 Å². The molecule has 4 rings (SSSR count). The maximum absolute atomic E-state index is 13.1. The zero-order chi connectivity index (χ0) is 23.6. The van der Waals surface area contributed by atoms with Gasteiger partial charge in [0.1, 0.15) is 0 Å². The molecule has 1 fully saturated rings. The standard InChI is InChI=1S/C22H29N3O6S2/c1-3-24(4-2)32(26,27)19-6-8-20(9-7-19)33(28,29)25-13-11-23(12-14-25)16-18-5-10-21-22(15-18)31-17-30-21/h5-10,15H,3-4,11-14,16-17H2,1-2H3. The van der Waals surface area contributed by atoms with Gasteiger partial charge in [0.2, 0.25) is 26.8 Å². The Bertz CT molecular complexity index is 1190. The third-order valence-electron chi connectivity index (χ3n) is 5.98. The second-order valence-corrected chi connectivity index (χ2v) is 11.8. The van der Waals surface area contributed by atoms with Gasteiger partial charge in [-0.1, -0.05) is 19.9 Å². The minimum absolute atomic E-state index is 0.0960. The van der Waals surface area contributed by atoms with Crippen LogP contribution in [0.15, 0.2) is 52.3 Å². The molecule has 9 nitrogen and oxygen atoms in total. The molecule has 2 aromatic carbocycles. The Morgan fingerprint density at radius 1 is 0.818 bits per heavy atom. The van der Waals surface area contributed by atoms with Crippen molar-refractivity contribution < 1.29 is 26.3 Å². The molecular weight excluding hydrogens is 466 g/mol. The Balaban J connectivity index is 1.39. The normalized spacial score (nSPS) is 17.5. The predicted molar refractivity (Wildman–Crippen MR) is 123 cm³/mol. The first kappa shape index (κ1) is 24.0. The van der Waals surface area contributed by atoms with Crippen molar-refractivity contribution in [3.8, 4) is 11.5 Å². The molecule has 0 amide bonds. The summed E-state index contributed by atoms with van der Waals surface area (Å²) in [6, 6.07) is 11.3. The Morgan fingerprint density at radius 3 is 2.06 bits per heavy atom. The average molecular weight is 496 g/mol. The maximum Gasteiger partial charge on any atom is 0.243 e. The zero-order valence-electron chi connectivity index (χ0n) is 18.8. The number of sulfonamides is 2. The summed E-state index contributed by atoms with van der Waals surface area (Å²) in [7, 11) is -7.33. The summed E-state index contributed by atoms with van der Waals surface area (Å²) >= 11 is 0. The van der Waals surface area contributed by atoms with Crippen LogP contribution in [-0.4, -0.2) is 76.4 Å². The molecular formula is C22H29N3O6S2. The van der Waals surface area contributed by atoms with Crippen LogP contribution in [0.5, 0.6) is 11.5 Å². The summed E-state index contributed by atoms with van der Waals surface area (Å²) in [6.45, 7) is 7.12. The molecule has 0 aromatic heterocycles. The number of fused-ring (bicyclic) bond motifs is 1. The van der Waals surface area contributed by atoms with E-state index in [1.807, 2.05) is 18.2 Å². The van der Waals surface area contributed by atoms with Crippen LogP contribution in [0.1, 0.15) is 19.4 Å². The van der Waals surface area contributed by atoms with Crippen LogP contribution >= 0.6 is 0 Å². The minimum Gasteiger partial charge on any atom is -0.454 e. The van der Waals surface area contributed by atoms with E-state index in [-0.39, 0.29) is 16.6 Å². The van der Waals surface area contributed by atoms with E-state index in [0.717, 1.165) is 17.1 Å². The average Bonchev–Trinajstić information content (AvgIpc) is 3.28. The van der Waals surface area contributed by atoms with E-state index in [1.54, 1.807) is 13.8 Å². The van der Waals surface area contributed by atoms with E-state index in [4.69, 9.17) is 9.47 Å². The summed E-state index contributed by atoms with van der Waals surface area (Å²) in [5.74, 6) is 1.48. The Morgan fingerprint density at radius 2 is 1.42 bits per heavy atom. The number of benzene rings is 2. The molecule has 180 valence electrons. The summed E-state index contributed by atoms with van der Waals surface area (Å²) in [5, 5.41) is 0. The van der Waals surface area contributed by atoms with Gasteiger partial charge in [-0.05, 0) is 42.0 Å². The first-order valence-corrected chi connectivity index (χ1v) is 13.8. The lowest BCUT2D eigenvalue weighted by Gasteiger charge is -2.34. The van der Waals surface area contributed by atoms with Gasteiger partial charge in [0.15, 0.2) is 11.5 Å². The Hall–Kier alpha value is -2.18. The van der Waals surface area contributed by atoms with E-state index in [0.29, 0.717) is 45.8 Å². The lowest BCUT2D eigenvalue weighted by molar-refractivity contribution is 0.173. The first-order chi connectivity index (χ1) is 15.8. The lowest BCUT2D eigenvalue weighted by atomic mass is 10.2. The number of hydrogen-bond donors (Lipinski definition) is 0. The van der Waals surface area contributed by atoms with Crippen molar-refractivity contribution in [1.29, 1.82) is 0 Å². The van der Waals surface area contributed by atoms with Crippen molar-refractivity contribution in [2.24, 2.45) is 0 Å². The van der Waals surface area contributed by atoms with Gasteiger partial charge in [0.05, 0.1) is 9.79 Å². The fourth-order valence-electron chi connectivity index (χ4n) is 4.07. The number of hydrogen-bond acceptors (Lipinski definition) is 7. The van der Waals surface area contributed by atoms with Crippen molar-refractivity contribution in [2.45, 2.75) is 30.2 Å². The van der Waals surface area contributed by atoms with Gasteiger partial charge in [0, 0.05) is 45.8 Å². The summed E-state index contributed by atoms with van der Waals surface area (Å²) in [5.41, 5.74) is 1.08. The van der Waals surface area contributed by atoms with Gasteiger partial charge in [-0.25, -0.2) is 16.8 Å². The third-order valence-corrected chi connectivity index (χ3v) is 9.96. The van der Waals surface area contributed by atoms with Crippen molar-refractivity contribution in [2.75, 3.05) is 46.1 Å². The molecule has 0 unspecified atom stereocenters. The number of piperazine rings is 1. The fraction of sp³-hybridized carbons (Fsp3) is 0.455. The Kier molecular flexibility index (Phi) is 6.96. The third kappa shape index (κ3) is 4.87. The van der Waals surface area contributed by atoms with Crippen molar-refractivity contribution in [1.82, 2.24) is 13.5 Å². The molecule has 1 saturated heterocycles. The first-order valence-electron chi connectivity index (χ1n) is 11.0. The van der Waals surface area contributed by atoms with Crippen molar-refractivity contribution in [3.63, 3.8) is 0 Å². The molecule has 2 aromatic rings. The summed E-state index contributed by atoms with van der Waals surface area (Å²) in [6.07, 6.45) is 0. The van der Waals surface area contributed by atoms with Gasteiger partial charge >= 0.3 is 0 Å².